The Kier molecular flexibility index (Phi) is 4.88. The van der Waals surface area contributed by atoms with Crippen molar-refractivity contribution in [2.45, 2.75) is 50.6 Å². The first-order chi connectivity index (χ1) is 9.05. The molecule has 1 aliphatic rings. The van der Waals surface area contributed by atoms with E-state index in [0.717, 1.165) is 11.4 Å². The molecule has 1 aromatic rings. The van der Waals surface area contributed by atoms with Gasteiger partial charge < -0.3 is 5.73 Å². The lowest BCUT2D eigenvalue weighted by atomic mass is 9.89. The maximum atomic E-state index is 6.09. The molecule has 1 saturated carbocycles. The van der Waals surface area contributed by atoms with Crippen molar-refractivity contribution in [3.8, 4) is 0 Å². The second-order valence-corrected chi connectivity index (χ2v) is 6.49. The van der Waals surface area contributed by atoms with E-state index in [9.17, 15) is 0 Å². The Morgan fingerprint density at radius 1 is 1.26 bits per heavy atom. The molecular formula is C16H25ClN2. The van der Waals surface area contributed by atoms with Crippen molar-refractivity contribution in [2.24, 2.45) is 5.73 Å². The van der Waals surface area contributed by atoms with Gasteiger partial charge >= 0.3 is 0 Å². The number of likely N-dealkylation sites (N-methyl/N-ethyl adjacent to an activating group) is 1. The molecule has 0 saturated heterocycles. The fourth-order valence-corrected chi connectivity index (χ4v) is 3.24. The highest BCUT2D eigenvalue weighted by Crippen LogP contribution is 2.29. The Labute approximate surface area is 121 Å². The van der Waals surface area contributed by atoms with E-state index in [0.29, 0.717) is 12.6 Å². The predicted molar refractivity (Wildman–Crippen MR) is 82.6 cm³/mol. The van der Waals surface area contributed by atoms with Crippen LogP contribution < -0.4 is 5.73 Å². The van der Waals surface area contributed by atoms with Crippen molar-refractivity contribution in [1.29, 1.82) is 0 Å². The Balaban J connectivity index is 2.10. The van der Waals surface area contributed by atoms with Crippen LogP contribution >= 0.6 is 11.6 Å². The Hall–Kier alpha value is -0.570. The molecule has 0 aliphatic heterocycles. The molecule has 1 atom stereocenters. The molecule has 2 rings (SSSR count). The second kappa shape index (κ2) is 6.25. The van der Waals surface area contributed by atoms with Crippen LogP contribution in [0.25, 0.3) is 0 Å². The molecule has 0 amide bonds. The normalized spacial score (nSPS) is 19.8. The number of halogens is 1. The van der Waals surface area contributed by atoms with Crippen LogP contribution in [-0.2, 0) is 6.42 Å². The summed E-state index contributed by atoms with van der Waals surface area (Å²) in [6, 6.07) is 8.84. The lowest BCUT2D eigenvalue weighted by Crippen LogP contribution is -2.54. The number of rotatable bonds is 5. The Morgan fingerprint density at radius 3 is 2.37 bits per heavy atom. The SMILES string of the molecule is CN(C1CCCC1)C(C)(CN)Cc1ccc(Cl)cc1. The van der Waals surface area contributed by atoms with Gasteiger partial charge in [-0.25, -0.2) is 0 Å². The van der Waals surface area contributed by atoms with Crippen molar-refractivity contribution in [3.63, 3.8) is 0 Å². The monoisotopic (exact) mass is 280 g/mol. The summed E-state index contributed by atoms with van der Waals surface area (Å²) in [5.74, 6) is 0. The minimum atomic E-state index is 0.0306. The minimum Gasteiger partial charge on any atom is -0.329 e. The van der Waals surface area contributed by atoms with Gasteiger partial charge in [-0.2, -0.15) is 0 Å². The molecule has 0 spiro atoms. The zero-order valence-electron chi connectivity index (χ0n) is 12.0. The molecule has 1 fully saturated rings. The first kappa shape index (κ1) is 14.8. The highest BCUT2D eigenvalue weighted by molar-refractivity contribution is 6.30. The quantitative estimate of drug-likeness (QED) is 0.895. The summed E-state index contributed by atoms with van der Waals surface area (Å²) in [5.41, 5.74) is 7.42. The molecule has 3 heteroatoms. The third kappa shape index (κ3) is 3.50. The molecule has 0 heterocycles. The standard InChI is InChI=1S/C16H25ClN2/c1-16(12-18,19(2)15-5-3-4-6-15)11-13-7-9-14(17)10-8-13/h7-10,15H,3-6,11-12,18H2,1-2H3. The third-order valence-corrected chi connectivity index (χ3v) is 4.91. The van der Waals surface area contributed by atoms with E-state index in [4.69, 9.17) is 17.3 Å². The summed E-state index contributed by atoms with van der Waals surface area (Å²) in [4.78, 5) is 2.51. The largest absolute Gasteiger partial charge is 0.329 e. The topological polar surface area (TPSA) is 29.3 Å². The number of nitrogens with two attached hydrogens (primary N) is 1. The fourth-order valence-electron chi connectivity index (χ4n) is 3.12. The molecule has 1 unspecified atom stereocenters. The molecule has 106 valence electrons. The molecule has 2 nitrogen and oxygen atoms in total. The highest BCUT2D eigenvalue weighted by Gasteiger charge is 2.33. The van der Waals surface area contributed by atoms with Crippen LogP contribution in [0.1, 0.15) is 38.2 Å². The summed E-state index contributed by atoms with van der Waals surface area (Å²) in [6.07, 6.45) is 6.32. The number of nitrogens with zero attached hydrogens (tertiary/aromatic N) is 1. The van der Waals surface area contributed by atoms with Gasteiger partial charge in [0.05, 0.1) is 0 Å². The summed E-state index contributed by atoms with van der Waals surface area (Å²) in [6.45, 7) is 2.96. The van der Waals surface area contributed by atoms with E-state index in [2.05, 4.69) is 31.0 Å². The van der Waals surface area contributed by atoms with Crippen LogP contribution in [0.3, 0.4) is 0 Å². The Bertz CT molecular complexity index is 398. The van der Waals surface area contributed by atoms with Crippen LogP contribution in [0, 0.1) is 0 Å². The maximum absolute atomic E-state index is 6.09. The van der Waals surface area contributed by atoms with Crippen molar-refractivity contribution < 1.29 is 0 Å². The summed E-state index contributed by atoms with van der Waals surface area (Å²) in [5, 5.41) is 0.794. The first-order valence-electron chi connectivity index (χ1n) is 7.22. The van der Waals surface area contributed by atoms with Gasteiger partial charge in [0.15, 0.2) is 0 Å². The summed E-state index contributed by atoms with van der Waals surface area (Å²) in [7, 11) is 2.23. The van der Waals surface area contributed by atoms with Crippen molar-refractivity contribution >= 4 is 11.6 Å². The van der Waals surface area contributed by atoms with Crippen LogP contribution in [0.15, 0.2) is 24.3 Å². The van der Waals surface area contributed by atoms with Crippen LogP contribution in [0.4, 0.5) is 0 Å². The van der Waals surface area contributed by atoms with Gasteiger partial charge in [-0.15, -0.1) is 0 Å². The van der Waals surface area contributed by atoms with Gasteiger partial charge in [0.25, 0.3) is 0 Å². The van der Waals surface area contributed by atoms with Crippen LogP contribution in [-0.4, -0.2) is 30.1 Å². The first-order valence-corrected chi connectivity index (χ1v) is 7.60. The van der Waals surface area contributed by atoms with Gasteiger partial charge in [-0.1, -0.05) is 36.6 Å². The van der Waals surface area contributed by atoms with E-state index in [1.807, 2.05) is 12.1 Å². The van der Waals surface area contributed by atoms with Gasteiger partial charge in [0.1, 0.15) is 0 Å². The molecule has 1 aromatic carbocycles. The van der Waals surface area contributed by atoms with Crippen LogP contribution in [0.2, 0.25) is 5.02 Å². The van der Waals surface area contributed by atoms with Gasteiger partial charge in [0, 0.05) is 23.1 Å². The van der Waals surface area contributed by atoms with Crippen LogP contribution in [0.5, 0.6) is 0 Å². The Morgan fingerprint density at radius 2 is 1.84 bits per heavy atom. The summed E-state index contributed by atoms with van der Waals surface area (Å²) >= 11 is 5.95. The average Bonchev–Trinajstić information content (AvgIpc) is 2.94. The molecule has 1 aliphatic carbocycles. The summed E-state index contributed by atoms with van der Waals surface area (Å²) < 4.78 is 0. The molecular weight excluding hydrogens is 256 g/mol. The number of hydrogen-bond acceptors (Lipinski definition) is 2. The molecule has 19 heavy (non-hydrogen) atoms. The lowest BCUT2D eigenvalue weighted by molar-refractivity contribution is 0.0943. The maximum Gasteiger partial charge on any atom is 0.0406 e. The zero-order chi connectivity index (χ0) is 13.9. The van der Waals surface area contributed by atoms with Gasteiger partial charge in [-0.05, 0) is 50.9 Å². The lowest BCUT2D eigenvalue weighted by Gasteiger charge is -2.42. The zero-order valence-corrected chi connectivity index (χ0v) is 12.8. The molecule has 0 aromatic heterocycles. The second-order valence-electron chi connectivity index (χ2n) is 6.05. The third-order valence-electron chi connectivity index (χ3n) is 4.66. The average molecular weight is 281 g/mol. The van der Waals surface area contributed by atoms with Gasteiger partial charge in [-0.3, -0.25) is 4.90 Å². The van der Waals surface area contributed by atoms with Crippen molar-refractivity contribution in [2.75, 3.05) is 13.6 Å². The minimum absolute atomic E-state index is 0.0306. The van der Waals surface area contributed by atoms with E-state index in [-0.39, 0.29) is 5.54 Å². The molecule has 0 radical (unpaired) electrons. The van der Waals surface area contributed by atoms with E-state index >= 15 is 0 Å². The van der Waals surface area contributed by atoms with E-state index in [1.54, 1.807) is 0 Å². The molecule has 2 N–H and O–H groups in total. The fraction of sp³-hybridized carbons (Fsp3) is 0.625. The smallest absolute Gasteiger partial charge is 0.0406 e. The van der Waals surface area contributed by atoms with Crippen molar-refractivity contribution in [1.82, 2.24) is 4.90 Å². The van der Waals surface area contributed by atoms with E-state index in [1.165, 1.54) is 31.2 Å². The number of hydrogen-bond donors (Lipinski definition) is 1. The number of benzene rings is 1. The van der Waals surface area contributed by atoms with E-state index < -0.39 is 0 Å². The van der Waals surface area contributed by atoms with Crippen molar-refractivity contribution in [3.05, 3.63) is 34.9 Å². The highest BCUT2D eigenvalue weighted by atomic mass is 35.5. The predicted octanol–water partition coefficient (Wildman–Crippen LogP) is 3.47. The molecule has 0 bridgehead atoms. The van der Waals surface area contributed by atoms with Gasteiger partial charge in [0.2, 0.25) is 0 Å².